The van der Waals surface area contributed by atoms with Crippen LogP contribution in [0.25, 0.3) is 0 Å². The van der Waals surface area contributed by atoms with Crippen LogP contribution in [0.3, 0.4) is 0 Å². The molecular weight excluding hydrogens is 451 g/mol. The molecule has 1 aliphatic carbocycles. The number of piperidine rings is 1. The number of benzene rings is 2. The number of nitrogens with one attached hydrogen (secondary N) is 1. The number of rotatable bonds is 5. The Bertz CT molecular complexity index is 1110. The SMILES string of the molecule is CC(NC(=O)C1CCN(S(=O)(=O)c2ccc3c(c2)CCCC3)CC1)c1ccc(F)c(Cl)c1. The lowest BCUT2D eigenvalue weighted by Crippen LogP contribution is -2.43. The third-order valence-corrected chi connectivity index (χ3v) is 8.77. The lowest BCUT2D eigenvalue weighted by molar-refractivity contribution is -0.126. The second-order valence-electron chi connectivity index (χ2n) is 8.72. The van der Waals surface area contributed by atoms with Gasteiger partial charge in [0.2, 0.25) is 15.9 Å². The van der Waals surface area contributed by atoms with Gasteiger partial charge in [-0.1, -0.05) is 23.7 Å². The molecule has 2 aromatic carbocycles. The van der Waals surface area contributed by atoms with Gasteiger partial charge >= 0.3 is 0 Å². The van der Waals surface area contributed by atoms with Crippen molar-refractivity contribution in [2.75, 3.05) is 13.1 Å². The standard InChI is InChI=1S/C24H28ClFN2O3S/c1-16(19-7-9-23(26)22(25)15-19)27-24(29)18-10-12-28(13-11-18)32(30,31)21-8-6-17-4-2-3-5-20(17)14-21/h6-9,14-16,18H,2-5,10-13H2,1H3,(H,27,29). The van der Waals surface area contributed by atoms with Gasteiger partial charge in [-0.15, -0.1) is 0 Å². The fourth-order valence-electron chi connectivity index (χ4n) is 4.57. The van der Waals surface area contributed by atoms with Gasteiger partial charge in [0.05, 0.1) is 16.0 Å². The first-order valence-corrected chi connectivity index (χ1v) is 12.9. The fraction of sp³-hybridized carbons (Fsp3) is 0.458. The molecular formula is C24H28ClFN2O3S. The summed E-state index contributed by atoms with van der Waals surface area (Å²) in [6, 6.07) is 9.56. The van der Waals surface area contributed by atoms with Gasteiger partial charge in [-0.05, 0) is 86.4 Å². The van der Waals surface area contributed by atoms with Gasteiger partial charge in [-0.2, -0.15) is 4.31 Å². The van der Waals surface area contributed by atoms with Gasteiger partial charge in [0.25, 0.3) is 0 Å². The van der Waals surface area contributed by atoms with Crippen molar-refractivity contribution < 1.29 is 17.6 Å². The van der Waals surface area contributed by atoms with E-state index in [1.165, 1.54) is 22.0 Å². The Balaban J connectivity index is 1.37. The van der Waals surface area contributed by atoms with Crippen LogP contribution in [0.15, 0.2) is 41.3 Å². The maximum absolute atomic E-state index is 13.4. The van der Waals surface area contributed by atoms with Crippen LogP contribution >= 0.6 is 11.6 Å². The molecule has 0 radical (unpaired) electrons. The van der Waals surface area contributed by atoms with Gasteiger partial charge in [-0.25, -0.2) is 12.8 Å². The molecule has 1 amide bonds. The molecule has 2 aliphatic rings. The number of carbonyl (C=O) groups excluding carboxylic acids is 1. The molecule has 1 aliphatic heterocycles. The molecule has 0 bridgehead atoms. The van der Waals surface area contributed by atoms with E-state index in [0.29, 0.717) is 30.8 Å². The predicted molar refractivity (Wildman–Crippen MR) is 123 cm³/mol. The fourth-order valence-corrected chi connectivity index (χ4v) is 6.28. The van der Waals surface area contributed by atoms with E-state index < -0.39 is 15.8 Å². The van der Waals surface area contributed by atoms with E-state index in [1.807, 2.05) is 19.1 Å². The summed E-state index contributed by atoms with van der Waals surface area (Å²) in [6.07, 6.45) is 5.12. The third-order valence-electron chi connectivity index (χ3n) is 6.58. The lowest BCUT2D eigenvalue weighted by Gasteiger charge is -2.31. The second kappa shape index (κ2) is 9.49. The van der Waals surface area contributed by atoms with Gasteiger partial charge in [0.15, 0.2) is 0 Å². The van der Waals surface area contributed by atoms with Crippen LogP contribution in [0, 0.1) is 11.7 Å². The first kappa shape index (κ1) is 23.2. The Morgan fingerprint density at radius 1 is 1.09 bits per heavy atom. The molecule has 32 heavy (non-hydrogen) atoms. The van der Waals surface area contributed by atoms with Crippen molar-refractivity contribution in [3.05, 3.63) is 63.9 Å². The van der Waals surface area contributed by atoms with Crippen LogP contribution in [0.2, 0.25) is 5.02 Å². The highest BCUT2D eigenvalue weighted by molar-refractivity contribution is 7.89. The van der Waals surface area contributed by atoms with Gasteiger partial charge in [0, 0.05) is 19.0 Å². The van der Waals surface area contributed by atoms with E-state index in [2.05, 4.69) is 5.32 Å². The average Bonchev–Trinajstić information content (AvgIpc) is 2.80. The average molecular weight is 479 g/mol. The summed E-state index contributed by atoms with van der Waals surface area (Å²) in [4.78, 5) is 13.1. The highest BCUT2D eigenvalue weighted by Crippen LogP contribution is 2.29. The molecule has 5 nitrogen and oxygen atoms in total. The van der Waals surface area contributed by atoms with Crippen LogP contribution in [0.1, 0.15) is 55.3 Å². The number of hydrogen-bond acceptors (Lipinski definition) is 3. The van der Waals surface area contributed by atoms with E-state index in [4.69, 9.17) is 11.6 Å². The van der Waals surface area contributed by atoms with Gasteiger partial charge < -0.3 is 5.32 Å². The lowest BCUT2D eigenvalue weighted by atomic mass is 9.92. The topological polar surface area (TPSA) is 66.5 Å². The van der Waals surface area contributed by atoms with Crippen molar-refractivity contribution in [3.63, 3.8) is 0 Å². The number of hydrogen-bond donors (Lipinski definition) is 1. The Kier molecular flexibility index (Phi) is 6.89. The van der Waals surface area contributed by atoms with E-state index in [-0.39, 0.29) is 22.9 Å². The van der Waals surface area contributed by atoms with E-state index in [0.717, 1.165) is 36.8 Å². The zero-order valence-electron chi connectivity index (χ0n) is 18.1. The first-order chi connectivity index (χ1) is 15.3. The summed E-state index contributed by atoms with van der Waals surface area (Å²) >= 11 is 5.84. The van der Waals surface area contributed by atoms with Crippen LogP contribution in [0.5, 0.6) is 0 Å². The van der Waals surface area contributed by atoms with E-state index in [9.17, 15) is 17.6 Å². The molecule has 8 heteroatoms. The smallest absolute Gasteiger partial charge is 0.243 e. The largest absolute Gasteiger partial charge is 0.349 e. The number of carbonyl (C=O) groups is 1. The summed E-state index contributed by atoms with van der Waals surface area (Å²) < 4.78 is 41.2. The van der Waals surface area contributed by atoms with Crippen molar-refractivity contribution >= 4 is 27.5 Å². The molecule has 1 saturated heterocycles. The minimum absolute atomic E-state index is 0.0179. The van der Waals surface area contributed by atoms with Gasteiger partial charge in [0.1, 0.15) is 5.82 Å². The molecule has 1 N–H and O–H groups in total. The van der Waals surface area contributed by atoms with E-state index >= 15 is 0 Å². The highest BCUT2D eigenvalue weighted by Gasteiger charge is 2.33. The Morgan fingerprint density at radius 3 is 2.47 bits per heavy atom. The van der Waals surface area contributed by atoms with Crippen LogP contribution in [-0.2, 0) is 27.7 Å². The quantitative estimate of drug-likeness (QED) is 0.681. The van der Waals surface area contributed by atoms with Crippen molar-refractivity contribution in [1.29, 1.82) is 0 Å². The summed E-state index contributed by atoms with van der Waals surface area (Å²) in [6.45, 7) is 2.44. The van der Waals surface area contributed by atoms with Crippen molar-refractivity contribution in [3.8, 4) is 0 Å². The monoisotopic (exact) mass is 478 g/mol. The maximum Gasteiger partial charge on any atom is 0.243 e. The number of sulfonamides is 1. The zero-order valence-corrected chi connectivity index (χ0v) is 19.7. The summed E-state index contributed by atoms with van der Waals surface area (Å²) in [7, 11) is -3.57. The molecule has 0 aromatic heterocycles. The summed E-state index contributed by atoms with van der Waals surface area (Å²) in [5.74, 6) is -0.881. The van der Waals surface area contributed by atoms with Gasteiger partial charge in [-0.3, -0.25) is 4.79 Å². The molecule has 1 unspecified atom stereocenters. The highest BCUT2D eigenvalue weighted by atomic mass is 35.5. The maximum atomic E-state index is 13.4. The second-order valence-corrected chi connectivity index (χ2v) is 11.1. The molecule has 0 saturated carbocycles. The van der Waals surface area contributed by atoms with Crippen molar-refractivity contribution in [1.82, 2.24) is 9.62 Å². The minimum Gasteiger partial charge on any atom is -0.349 e. The Labute approximate surface area is 194 Å². The Morgan fingerprint density at radius 2 is 1.78 bits per heavy atom. The van der Waals surface area contributed by atoms with Crippen molar-refractivity contribution in [2.45, 2.75) is 56.4 Å². The van der Waals surface area contributed by atoms with E-state index in [1.54, 1.807) is 12.1 Å². The molecule has 4 rings (SSSR count). The zero-order chi connectivity index (χ0) is 22.9. The predicted octanol–water partition coefficient (Wildman–Crippen LogP) is 4.64. The number of halogens is 2. The molecule has 172 valence electrons. The Hall–Kier alpha value is -1.96. The normalized spacial score (nSPS) is 18.7. The van der Waals surface area contributed by atoms with Crippen LogP contribution in [0.4, 0.5) is 4.39 Å². The molecule has 1 fully saturated rings. The number of nitrogens with zero attached hydrogens (tertiary/aromatic N) is 1. The minimum atomic E-state index is -3.57. The van der Waals surface area contributed by atoms with Crippen LogP contribution < -0.4 is 5.32 Å². The molecule has 1 heterocycles. The van der Waals surface area contributed by atoms with Crippen molar-refractivity contribution in [2.24, 2.45) is 5.92 Å². The number of aryl methyl sites for hydroxylation is 2. The first-order valence-electron chi connectivity index (χ1n) is 11.1. The third kappa shape index (κ3) is 4.85. The summed E-state index contributed by atoms with van der Waals surface area (Å²) in [5, 5.41) is 2.96. The molecule has 2 aromatic rings. The number of amides is 1. The number of fused-ring (bicyclic) bond motifs is 1. The summed E-state index contributed by atoms with van der Waals surface area (Å²) in [5.41, 5.74) is 3.11. The molecule has 1 atom stereocenters. The van der Waals surface area contributed by atoms with Crippen LogP contribution in [-0.4, -0.2) is 31.7 Å². The molecule has 0 spiro atoms.